The van der Waals surface area contributed by atoms with E-state index in [1.807, 2.05) is 6.92 Å². The standard InChI is InChI=1S/C16H19F2NS/c1-3-12-6-8-16(20-12)15(19-4-2)10-11-5-7-13(17)14(18)9-11/h5-9,15,19H,3-4,10H2,1-2H3. The summed E-state index contributed by atoms with van der Waals surface area (Å²) in [4.78, 5) is 2.58. The second-order valence-corrected chi connectivity index (χ2v) is 5.92. The molecule has 0 aliphatic heterocycles. The normalized spacial score (nSPS) is 12.6. The highest BCUT2D eigenvalue weighted by Gasteiger charge is 2.14. The van der Waals surface area contributed by atoms with Crippen LogP contribution in [0.3, 0.4) is 0 Å². The van der Waals surface area contributed by atoms with Crippen LogP contribution in [-0.2, 0) is 12.8 Å². The molecule has 20 heavy (non-hydrogen) atoms. The summed E-state index contributed by atoms with van der Waals surface area (Å²) in [5, 5.41) is 3.41. The molecule has 1 aromatic heterocycles. The number of halogens is 2. The van der Waals surface area contributed by atoms with E-state index in [-0.39, 0.29) is 6.04 Å². The van der Waals surface area contributed by atoms with Crippen LogP contribution < -0.4 is 5.32 Å². The molecule has 2 rings (SSSR count). The van der Waals surface area contributed by atoms with Gasteiger partial charge in [-0.1, -0.05) is 19.9 Å². The monoisotopic (exact) mass is 295 g/mol. The number of nitrogens with one attached hydrogen (secondary N) is 1. The first-order chi connectivity index (χ1) is 9.63. The molecule has 0 radical (unpaired) electrons. The molecule has 0 saturated carbocycles. The van der Waals surface area contributed by atoms with Gasteiger partial charge in [0, 0.05) is 15.8 Å². The number of hydrogen-bond donors (Lipinski definition) is 1. The Kier molecular flexibility index (Phi) is 5.26. The van der Waals surface area contributed by atoms with E-state index in [9.17, 15) is 8.78 Å². The van der Waals surface area contributed by atoms with Crippen molar-refractivity contribution in [1.82, 2.24) is 5.32 Å². The zero-order valence-corrected chi connectivity index (χ0v) is 12.6. The van der Waals surface area contributed by atoms with E-state index in [2.05, 4.69) is 24.4 Å². The van der Waals surface area contributed by atoms with Crippen molar-refractivity contribution >= 4 is 11.3 Å². The van der Waals surface area contributed by atoms with Crippen LogP contribution in [0.25, 0.3) is 0 Å². The van der Waals surface area contributed by atoms with Crippen LogP contribution in [0.1, 0.15) is 35.2 Å². The Hall–Kier alpha value is -1.26. The molecule has 0 fully saturated rings. The topological polar surface area (TPSA) is 12.0 Å². The molecule has 2 aromatic rings. The molecule has 4 heteroatoms. The Balaban J connectivity index is 2.18. The van der Waals surface area contributed by atoms with Gasteiger partial charge in [0.15, 0.2) is 11.6 Å². The van der Waals surface area contributed by atoms with Crippen LogP contribution in [0.2, 0.25) is 0 Å². The minimum Gasteiger partial charge on any atom is -0.309 e. The largest absolute Gasteiger partial charge is 0.309 e. The first-order valence-corrected chi connectivity index (χ1v) is 7.71. The third-order valence-corrected chi connectivity index (χ3v) is 4.59. The van der Waals surface area contributed by atoms with Gasteiger partial charge in [0.05, 0.1) is 0 Å². The van der Waals surface area contributed by atoms with Crippen molar-refractivity contribution in [2.24, 2.45) is 0 Å². The highest BCUT2D eigenvalue weighted by atomic mass is 32.1. The van der Waals surface area contributed by atoms with Gasteiger partial charge in [-0.25, -0.2) is 8.78 Å². The van der Waals surface area contributed by atoms with E-state index in [1.165, 1.54) is 21.9 Å². The van der Waals surface area contributed by atoms with Crippen LogP contribution in [0.5, 0.6) is 0 Å². The van der Waals surface area contributed by atoms with Gasteiger partial charge >= 0.3 is 0 Å². The smallest absolute Gasteiger partial charge is 0.159 e. The summed E-state index contributed by atoms with van der Waals surface area (Å²) in [6.07, 6.45) is 1.68. The van der Waals surface area contributed by atoms with E-state index in [1.54, 1.807) is 17.4 Å². The van der Waals surface area contributed by atoms with Crippen molar-refractivity contribution in [1.29, 1.82) is 0 Å². The summed E-state index contributed by atoms with van der Waals surface area (Å²) in [6, 6.07) is 8.53. The molecule has 0 bridgehead atoms. The average molecular weight is 295 g/mol. The molecule has 108 valence electrons. The van der Waals surface area contributed by atoms with E-state index >= 15 is 0 Å². The minimum atomic E-state index is -0.793. The zero-order chi connectivity index (χ0) is 14.5. The van der Waals surface area contributed by atoms with Crippen LogP contribution >= 0.6 is 11.3 Å². The van der Waals surface area contributed by atoms with E-state index in [0.29, 0.717) is 6.42 Å². The summed E-state index contributed by atoms with van der Waals surface area (Å²) in [6.45, 7) is 5.02. The van der Waals surface area contributed by atoms with Crippen LogP contribution in [0.4, 0.5) is 8.78 Å². The maximum Gasteiger partial charge on any atom is 0.159 e. The molecule has 0 spiro atoms. The number of hydrogen-bond acceptors (Lipinski definition) is 2. The van der Waals surface area contributed by atoms with Crippen molar-refractivity contribution in [3.05, 3.63) is 57.3 Å². The first-order valence-electron chi connectivity index (χ1n) is 6.90. The van der Waals surface area contributed by atoms with Gasteiger partial charge in [-0.15, -0.1) is 11.3 Å². The van der Waals surface area contributed by atoms with Crippen molar-refractivity contribution in [2.45, 2.75) is 32.7 Å². The fraction of sp³-hybridized carbons (Fsp3) is 0.375. The predicted molar refractivity (Wildman–Crippen MR) is 80.2 cm³/mol. The number of aryl methyl sites for hydroxylation is 1. The fourth-order valence-corrected chi connectivity index (χ4v) is 3.22. The summed E-state index contributed by atoms with van der Waals surface area (Å²) >= 11 is 1.78. The van der Waals surface area contributed by atoms with Crippen LogP contribution in [-0.4, -0.2) is 6.54 Å². The lowest BCUT2D eigenvalue weighted by atomic mass is 10.0. The molecule has 0 saturated heterocycles. The zero-order valence-electron chi connectivity index (χ0n) is 11.7. The van der Waals surface area contributed by atoms with Gasteiger partial charge in [0.25, 0.3) is 0 Å². The number of rotatable bonds is 6. The predicted octanol–water partition coefficient (Wildman–Crippen LogP) is 4.48. The van der Waals surface area contributed by atoms with Crippen molar-refractivity contribution < 1.29 is 8.78 Å². The second kappa shape index (κ2) is 6.95. The third-order valence-electron chi connectivity index (χ3n) is 3.25. The maximum absolute atomic E-state index is 13.3. The molecule has 0 aliphatic carbocycles. The van der Waals surface area contributed by atoms with Crippen molar-refractivity contribution in [2.75, 3.05) is 6.54 Å². The van der Waals surface area contributed by atoms with Gasteiger partial charge < -0.3 is 5.32 Å². The lowest BCUT2D eigenvalue weighted by molar-refractivity contribution is 0.503. The van der Waals surface area contributed by atoms with Gasteiger partial charge in [-0.05, 0) is 49.2 Å². The molecule has 1 heterocycles. The van der Waals surface area contributed by atoms with E-state index < -0.39 is 11.6 Å². The highest BCUT2D eigenvalue weighted by molar-refractivity contribution is 7.12. The lowest BCUT2D eigenvalue weighted by Crippen LogP contribution is -2.22. The van der Waals surface area contributed by atoms with Crippen LogP contribution in [0.15, 0.2) is 30.3 Å². The molecule has 0 amide bonds. The molecule has 1 aromatic carbocycles. The fourth-order valence-electron chi connectivity index (χ4n) is 2.19. The van der Waals surface area contributed by atoms with E-state index in [4.69, 9.17) is 0 Å². The van der Waals surface area contributed by atoms with E-state index in [0.717, 1.165) is 18.5 Å². The molecule has 0 aliphatic rings. The number of thiophene rings is 1. The molecular formula is C16H19F2NS. The number of benzene rings is 1. The number of likely N-dealkylation sites (N-methyl/N-ethyl adjacent to an activating group) is 1. The first kappa shape index (κ1) is 15.1. The minimum absolute atomic E-state index is 0.148. The van der Waals surface area contributed by atoms with Gasteiger partial charge in [-0.3, -0.25) is 0 Å². The van der Waals surface area contributed by atoms with Crippen LogP contribution in [0, 0.1) is 11.6 Å². The summed E-state index contributed by atoms with van der Waals surface area (Å²) in [5.74, 6) is -1.57. The quantitative estimate of drug-likeness (QED) is 0.828. The lowest BCUT2D eigenvalue weighted by Gasteiger charge is -2.16. The Bertz CT molecular complexity index is 565. The maximum atomic E-state index is 13.3. The molecule has 1 atom stereocenters. The molecular weight excluding hydrogens is 276 g/mol. The van der Waals surface area contributed by atoms with Gasteiger partial charge in [-0.2, -0.15) is 0 Å². The Morgan fingerprint density at radius 1 is 1.10 bits per heavy atom. The molecule has 1 N–H and O–H groups in total. The summed E-state index contributed by atoms with van der Waals surface area (Å²) in [7, 11) is 0. The van der Waals surface area contributed by atoms with Gasteiger partial charge in [0.1, 0.15) is 0 Å². The second-order valence-electron chi connectivity index (χ2n) is 4.72. The third kappa shape index (κ3) is 3.64. The SMILES string of the molecule is CCNC(Cc1ccc(F)c(F)c1)c1ccc(CC)s1. The molecule has 1 nitrogen and oxygen atoms in total. The molecule has 1 unspecified atom stereocenters. The van der Waals surface area contributed by atoms with Gasteiger partial charge in [0.2, 0.25) is 0 Å². The summed E-state index contributed by atoms with van der Waals surface area (Å²) < 4.78 is 26.3. The average Bonchev–Trinajstić information content (AvgIpc) is 2.91. The Morgan fingerprint density at radius 2 is 1.90 bits per heavy atom. The Labute approximate surface area is 122 Å². The highest BCUT2D eigenvalue weighted by Crippen LogP contribution is 2.27. The summed E-state index contributed by atoms with van der Waals surface area (Å²) in [5.41, 5.74) is 0.807. The van der Waals surface area contributed by atoms with Crippen molar-refractivity contribution in [3.8, 4) is 0 Å². The van der Waals surface area contributed by atoms with Crippen molar-refractivity contribution in [3.63, 3.8) is 0 Å². The Morgan fingerprint density at radius 3 is 2.50 bits per heavy atom.